The van der Waals surface area contributed by atoms with Gasteiger partial charge in [-0.3, -0.25) is 4.99 Å². The minimum absolute atomic E-state index is 0.0305. The van der Waals surface area contributed by atoms with Crippen molar-refractivity contribution in [2.75, 3.05) is 19.0 Å². The standard InChI is InChI=1S/C16H20ClN5O3/c1-9-20-15(25-22-9)14-6-4-11(24-14)8-19-16(18)21-10-3-5-13(23-2)12(17)7-10/h3,5,7,11,14H,4,6,8H2,1-2H3,(H3,18,19,21)/t11-,14+/m1/s1. The molecule has 1 aromatic carbocycles. The van der Waals surface area contributed by atoms with Crippen molar-refractivity contribution in [3.05, 3.63) is 34.9 Å². The van der Waals surface area contributed by atoms with Gasteiger partial charge in [0.2, 0.25) is 0 Å². The molecule has 2 aromatic rings. The van der Waals surface area contributed by atoms with E-state index in [2.05, 4.69) is 20.4 Å². The minimum Gasteiger partial charge on any atom is -0.495 e. The van der Waals surface area contributed by atoms with Gasteiger partial charge in [-0.25, -0.2) is 0 Å². The number of nitrogens with two attached hydrogens (primary N) is 1. The van der Waals surface area contributed by atoms with E-state index < -0.39 is 0 Å². The van der Waals surface area contributed by atoms with Crippen LogP contribution in [0.1, 0.15) is 30.7 Å². The number of guanidine groups is 1. The van der Waals surface area contributed by atoms with Crippen LogP contribution in [0.15, 0.2) is 27.7 Å². The molecule has 3 rings (SSSR count). The third kappa shape index (κ3) is 4.40. The smallest absolute Gasteiger partial charge is 0.255 e. The van der Waals surface area contributed by atoms with Gasteiger partial charge in [0.1, 0.15) is 11.9 Å². The number of anilines is 1. The van der Waals surface area contributed by atoms with Crippen molar-refractivity contribution in [2.45, 2.75) is 32.0 Å². The van der Waals surface area contributed by atoms with Crippen molar-refractivity contribution in [1.29, 1.82) is 0 Å². The van der Waals surface area contributed by atoms with Crippen LogP contribution in [0.5, 0.6) is 5.75 Å². The maximum Gasteiger partial charge on any atom is 0.255 e. The monoisotopic (exact) mass is 365 g/mol. The van der Waals surface area contributed by atoms with Gasteiger partial charge in [-0.15, -0.1) is 0 Å². The van der Waals surface area contributed by atoms with Gasteiger partial charge >= 0.3 is 0 Å². The van der Waals surface area contributed by atoms with E-state index in [1.165, 1.54) is 0 Å². The maximum absolute atomic E-state index is 6.08. The second-order valence-electron chi connectivity index (χ2n) is 5.70. The molecule has 0 unspecified atom stereocenters. The molecule has 9 heteroatoms. The van der Waals surface area contributed by atoms with Crippen LogP contribution in [-0.2, 0) is 4.74 Å². The molecule has 1 aliphatic heterocycles. The molecule has 134 valence electrons. The number of benzene rings is 1. The van der Waals surface area contributed by atoms with Crippen molar-refractivity contribution in [2.24, 2.45) is 10.7 Å². The third-order valence-electron chi connectivity index (χ3n) is 3.82. The molecule has 0 bridgehead atoms. The Morgan fingerprint density at radius 1 is 1.48 bits per heavy atom. The summed E-state index contributed by atoms with van der Waals surface area (Å²) in [5.41, 5.74) is 6.66. The molecular weight excluding hydrogens is 346 g/mol. The van der Waals surface area contributed by atoms with Gasteiger partial charge in [-0.05, 0) is 38.0 Å². The molecule has 1 aliphatic rings. The molecule has 3 N–H and O–H groups in total. The number of hydrogen-bond acceptors (Lipinski definition) is 6. The molecule has 2 heterocycles. The number of hydrogen-bond donors (Lipinski definition) is 2. The van der Waals surface area contributed by atoms with E-state index in [0.29, 0.717) is 35.0 Å². The molecular formula is C16H20ClN5O3. The Morgan fingerprint density at radius 3 is 3.00 bits per heavy atom. The van der Waals surface area contributed by atoms with E-state index >= 15 is 0 Å². The van der Waals surface area contributed by atoms with Gasteiger partial charge in [-0.1, -0.05) is 16.8 Å². The number of halogens is 1. The highest BCUT2D eigenvalue weighted by atomic mass is 35.5. The van der Waals surface area contributed by atoms with Gasteiger partial charge in [0, 0.05) is 5.69 Å². The number of rotatable bonds is 5. The lowest BCUT2D eigenvalue weighted by Gasteiger charge is -2.11. The zero-order chi connectivity index (χ0) is 17.8. The highest BCUT2D eigenvalue weighted by Crippen LogP contribution is 2.32. The average molecular weight is 366 g/mol. The third-order valence-corrected chi connectivity index (χ3v) is 4.11. The van der Waals surface area contributed by atoms with E-state index in [4.69, 9.17) is 31.3 Å². The maximum atomic E-state index is 6.08. The van der Waals surface area contributed by atoms with Gasteiger partial charge in [0.25, 0.3) is 5.89 Å². The van der Waals surface area contributed by atoms with E-state index in [1.807, 2.05) is 6.07 Å². The first kappa shape index (κ1) is 17.5. The number of ether oxygens (including phenoxy) is 2. The first-order chi connectivity index (χ1) is 12.0. The van der Waals surface area contributed by atoms with Crippen LogP contribution in [0.25, 0.3) is 0 Å². The lowest BCUT2D eigenvalue weighted by molar-refractivity contribution is 0.0309. The lowest BCUT2D eigenvalue weighted by atomic mass is 10.2. The molecule has 1 fully saturated rings. The predicted octanol–water partition coefficient (Wildman–Crippen LogP) is 2.69. The number of nitrogens with zero attached hydrogens (tertiary/aromatic N) is 3. The van der Waals surface area contributed by atoms with Crippen molar-refractivity contribution >= 4 is 23.2 Å². The number of aliphatic imine (C=N–C) groups is 1. The summed E-state index contributed by atoms with van der Waals surface area (Å²) in [6.45, 7) is 2.23. The van der Waals surface area contributed by atoms with E-state index in [0.717, 1.165) is 18.5 Å². The van der Waals surface area contributed by atoms with Gasteiger partial charge in [-0.2, -0.15) is 4.98 Å². The molecule has 25 heavy (non-hydrogen) atoms. The first-order valence-corrected chi connectivity index (χ1v) is 8.29. The summed E-state index contributed by atoms with van der Waals surface area (Å²) < 4.78 is 16.1. The average Bonchev–Trinajstić information content (AvgIpc) is 3.22. The normalized spacial score (nSPS) is 20.7. The second-order valence-corrected chi connectivity index (χ2v) is 6.11. The fourth-order valence-corrected chi connectivity index (χ4v) is 2.85. The van der Waals surface area contributed by atoms with Crippen LogP contribution in [0.3, 0.4) is 0 Å². The highest BCUT2D eigenvalue weighted by molar-refractivity contribution is 6.32. The van der Waals surface area contributed by atoms with Gasteiger partial charge in [0.15, 0.2) is 11.8 Å². The molecule has 8 nitrogen and oxygen atoms in total. The lowest BCUT2D eigenvalue weighted by Crippen LogP contribution is -2.24. The van der Waals surface area contributed by atoms with Crippen LogP contribution in [0.2, 0.25) is 5.02 Å². The fraction of sp³-hybridized carbons (Fsp3) is 0.438. The summed E-state index contributed by atoms with van der Waals surface area (Å²) in [6, 6.07) is 5.30. The molecule has 0 radical (unpaired) electrons. The molecule has 0 saturated carbocycles. The number of aromatic nitrogens is 2. The summed E-state index contributed by atoms with van der Waals surface area (Å²) in [4.78, 5) is 8.53. The second kappa shape index (κ2) is 7.71. The van der Waals surface area contributed by atoms with Crippen molar-refractivity contribution in [1.82, 2.24) is 10.1 Å². The van der Waals surface area contributed by atoms with E-state index in [-0.39, 0.29) is 12.2 Å². The topological polar surface area (TPSA) is 108 Å². The predicted molar refractivity (Wildman–Crippen MR) is 94.0 cm³/mol. The summed E-state index contributed by atoms with van der Waals surface area (Å²) in [5.74, 6) is 2.01. The Hall–Kier alpha value is -2.32. The molecule has 1 aromatic heterocycles. The van der Waals surface area contributed by atoms with Crippen LogP contribution < -0.4 is 15.8 Å². The van der Waals surface area contributed by atoms with Crippen LogP contribution in [0, 0.1) is 6.92 Å². The van der Waals surface area contributed by atoms with E-state index in [9.17, 15) is 0 Å². The molecule has 1 saturated heterocycles. The van der Waals surface area contributed by atoms with Crippen molar-refractivity contribution in [3.8, 4) is 5.75 Å². The van der Waals surface area contributed by atoms with Crippen molar-refractivity contribution in [3.63, 3.8) is 0 Å². The Balaban J connectivity index is 1.52. The number of methoxy groups -OCH3 is 1. The van der Waals surface area contributed by atoms with Crippen LogP contribution in [0.4, 0.5) is 5.69 Å². The molecule has 0 spiro atoms. The van der Waals surface area contributed by atoms with Gasteiger partial charge in [0.05, 0.1) is 24.8 Å². The minimum atomic E-state index is -0.170. The Kier molecular flexibility index (Phi) is 5.40. The molecule has 0 aliphatic carbocycles. The largest absolute Gasteiger partial charge is 0.495 e. The zero-order valence-electron chi connectivity index (χ0n) is 14.0. The Labute approximate surface area is 150 Å². The van der Waals surface area contributed by atoms with Crippen LogP contribution in [-0.4, -0.2) is 35.9 Å². The first-order valence-electron chi connectivity index (χ1n) is 7.91. The number of aryl methyl sites for hydroxylation is 1. The van der Waals surface area contributed by atoms with Crippen LogP contribution >= 0.6 is 11.6 Å². The van der Waals surface area contributed by atoms with Gasteiger partial charge < -0.3 is 25.0 Å². The van der Waals surface area contributed by atoms with Crippen molar-refractivity contribution < 1.29 is 14.0 Å². The number of nitrogens with one attached hydrogen (secondary N) is 1. The summed E-state index contributed by atoms with van der Waals surface area (Å²) in [7, 11) is 1.56. The SMILES string of the molecule is COc1ccc(NC(N)=NC[C@H]2CC[C@@H](c3nc(C)no3)O2)cc1Cl. The quantitative estimate of drug-likeness (QED) is 0.619. The van der Waals surface area contributed by atoms with E-state index in [1.54, 1.807) is 26.2 Å². The Bertz CT molecular complexity index is 764. The molecule has 2 atom stereocenters. The zero-order valence-corrected chi connectivity index (χ0v) is 14.8. The summed E-state index contributed by atoms with van der Waals surface area (Å²) >= 11 is 6.08. The fourth-order valence-electron chi connectivity index (χ4n) is 2.60. The highest BCUT2D eigenvalue weighted by Gasteiger charge is 2.30. The molecule has 0 amide bonds. The summed E-state index contributed by atoms with van der Waals surface area (Å²) in [5, 5.41) is 7.28. The Morgan fingerprint density at radius 2 is 2.32 bits per heavy atom. The summed E-state index contributed by atoms with van der Waals surface area (Å²) in [6.07, 6.45) is 1.48.